The predicted octanol–water partition coefficient (Wildman–Crippen LogP) is 1.48. The van der Waals surface area contributed by atoms with Crippen molar-refractivity contribution in [2.45, 2.75) is 32.6 Å². The average Bonchev–Trinajstić information content (AvgIpc) is 2.18. The smallest absolute Gasteiger partial charge is 0.310 e. The molecule has 1 N–H and O–H groups in total. The predicted molar refractivity (Wildman–Crippen MR) is 56.3 cm³/mol. The minimum absolute atomic E-state index is 0.556. The highest BCUT2D eigenvalue weighted by atomic mass is 16.4. The van der Waals surface area contributed by atoms with Gasteiger partial charge in [-0.3, -0.25) is 4.79 Å². The Bertz CT molecular complexity index is 272. The monoisotopic (exact) mass is 210 g/mol. The molecule has 15 heavy (non-hydrogen) atoms. The molecule has 1 atom stereocenters. The standard InChI is InChI=1S/C11H18N2O2/c1-11(10(14)15)5-4-8-13(9-11)7-3-2-6-12/h2-5,7-9H2,1H3,(H,14,15). The van der Waals surface area contributed by atoms with Crippen LogP contribution in [0.1, 0.15) is 32.6 Å². The van der Waals surface area contributed by atoms with Crippen LogP contribution in [0.4, 0.5) is 0 Å². The lowest BCUT2D eigenvalue weighted by atomic mass is 9.82. The molecule has 0 aromatic rings. The number of piperidine rings is 1. The van der Waals surface area contributed by atoms with Crippen LogP contribution in [0.25, 0.3) is 0 Å². The maximum Gasteiger partial charge on any atom is 0.310 e. The van der Waals surface area contributed by atoms with Crippen LogP contribution in [0.2, 0.25) is 0 Å². The third kappa shape index (κ3) is 3.21. The second-order valence-corrected chi connectivity index (χ2v) is 4.51. The van der Waals surface area contributed by atoms with Gasteiger partial charge in [0.15, 0.2) is 0 Å². The van der Waals surface area contributed by atoms with E-state index < -0.39 is 11.4 Å². The second kappa shape index (κ2) is 5.13. The van der Waals surface area contributed by atoms with Crippen LogP contribution in [0, 0.1) is 16.7 Å². The number of hydrogen-bond acceptors (Lipinski definition) is 3. The van der Waals surface area contributed by atoms with Gasteiger partial charge in [-0.1, -0.05) is 0 Å². The van der Waals surface area contributed by atoms with Gasteiger partial charge in [0.25, 0.3) is 0 Å². The Morgan fingerprint density at radius 1 is 1.67 bits per heavy atom. The molecule has 0 aromatic carbocycles. The number of likely N-dealkylation sites (tertiary alicyclic amines) is 1. The summed E-state index contributed by atoms with van der Waals surface area (Å²) >= 11 is 0. The lowest BCUT2D eigenvalue weighted by Crippen LogP contribution is -2.46. The molecule has 84 valence electrons. The van der Waals surface area contributed by atoms with E-state index in [1.54, 1.807) is 0 Å². The number of nitrogens with zero attached hydrogens (tertiary/aromatic N) is 2. The quantitative estimate of drug-likeness (QED) is 0.714. The van der Waals surface area contributed by atoms with Crippen molar-refractivity contribution in [1.82, 2.24) is 4.90 Å². The first kappa shape index (κ1) is 12.0. The Kier molecular flexibility index (Phi) is 4.10. The fourth-order valence-electron chi connectivity index (χ4n) is 2.09. The third-order valence-corrected chi connectivity index (χ3v) is 3.05. The molecule has 0 amide bonds. The highest BCUT2D eigenvalue weighted by Crippen LogP contribution is 2.29. The molecular weight excluding hydrogens is 192 g/mol. The van der Waals surface area contributed by atoms with Crippen LogP contribution in [0.3, 0.4) is 0 Å². The van der Waals surface area contributed by atoms with E-state index >= 15 is 0 Å². The number of nitriles is 1. The molecule has 1 rings (SSSR count). The Morgan fingerprint density at radius 3 is 3.00 bits per heavy atom. The van der Waals surface area contributed by atoms with Crippen LogP contribution in [0.15, 0.2) is 0 Å². The van der Waals surface area contributed by atoms with Gasteiger partial charge in [0.1, 0.15) is 0 Å². The van der Waals surface area contributed by atoms with E-state index in [-0.39, 0.29) is 0 Å². The molecule has 1 unspecified atom stereocenters. The lowest BCUT2D eigenvalue weighted by molar-refractivity contribution is -0.151. The average molecular weight is 210 g/mol. The van der Waals surface area contributed by atoms with Crippen molar-refractivity contribution in [1.29, 1.82) is 5.26 Å². The van der Waals surface area contributed by atoms with Crippen LogP contribution < -0.4 is 0 Å². The summed E-state index contributed by atoms with van der Waals surface area (Å²) in [6.07, 6.45) is 3.10. The van der Waals surface area contributed by atoms with Crippen LogP contribution in [-0.4, -0.2) is 35.6 Å². The van der Waals surface area contributed by atoms with Gasteiger partial charge in [0.05, 0.1) is 11.5 Å². The number of carboxylic acids is 1. The summed E-state index contributed by atoms with van der Waals surface area (Å²) in [5.41, 5.74) is -0.592. The van der Waals surface area contributed by atoms with Gasteiger partial charge in [-0.05, 0) is 39.3 Å². The Hall–Kier alpha value is -1.08. The molecule has 4 heteroatoms. The van der Waals surface area contributed by atoms with Crippen molar-refractivity contribution in [3.63, 3.8) is 0 Å². The highest BCUT2D eigenvalue weighted by molar-refractivity contribution is 5.74. The van der Waals surface area contributed by atoms with E-state index in [9.17, 15) is 4.79 Å². The first-order valence-corrected chi connectivity index (χ1v) is 5.41. The van der Waals surface area contributed by atoms with Gasteiger partial charge in [0, 0.05) is 13.0 Å². The molecule has 1 aliphatic heterocycles. The molecule has 1 aliphatic rings. The molecule has 0 spiro atoms. The van der Waals surface area contributed by atoms with E-state index in [2.05, 4.69) is 11.0 Å². The normalized spacial score (nSPS) is 27.2. The maximum absolute atomic E-state index is 11.1. The lowest BCUT2D eigenvalue weighted by Gasteiger charge is -2.37. The number of rotatable bonds is 4. The van der Waals surface area contributed by atoms with Crippen LogP contribution in [0.5, 0.6) is 0 Å². The maximum atomic E-state index is 11.1. The molecule has 0 aliphatic carbocycles. The van der Waals surface area contributed by atoms with Crippen molar-refractivity contribution in [3.8, 4) is 6.07 Å². The number of carbonyl (C=O) groups is 1. The van der Waals surface area contributed by atoms with Crippen LogP contribution >= 0.6 is 0 Å². The summed E-state index contributed by atoms with van der Waals surface area (Å²) in [6, 6.07) is 2.11. The van der Waals surface area contributed by atoms with Crippen molar-refractivity contribution in [2.24, 2.45) is 5.41 Å². The highest BCUT2D eigenvalue weighted by Gasteiger charge is 2.37. The minimum atomic E-state index is -0.701. The first-order chi connectivity index (χ1) is 7.08. The van der Waals surface area contributed by atoms with Gasteiger partial charge < -0.3 is 10.0 Å². The van der Waals surface area contributed by atoms with Gasteiger partial charge in [0.2, 0.25) is 0 Å². The molecule has 0 bridgehead atoms. The molecule has 4 nitrogen and oxygen atoms in total. The molecule has 1 saturated heterocycles. The van der Waals surface area contributed by atoms with E-state index in [0.29, 0.717) is 13.0 Å². The van der Waals surface area contributed by atoms with E-state index in [1.807, 2.05) is 6.92 Å². The molecule has 1 fully saturated rings. The summed E-state index contributed by atoms with van der Waals surface area (Å²) in [4.78, 5) is 13.2. The molecular formula is C11H18N2O2. The third-order valence-electron chi connectivity index (χ3n) is 3.05. The van der Waals surface area contributed by atoms with Gasteiger partial charge in [-0.25, -0.2) is 0 Å². The van der Waals surface area contributed by atoms with E-state index in [4.69, 9.17) is 10.4 Å². The summed E-state index contributed by atoms with van der Waals surface area (Å²) in [6.45, 7) is 4.24. The fourth-order valence-corrected chi connectivity index (χ4v) is 2.09. The van der Waals surface area contributed by atoms with Gasteiger partial charge in [-0.2, -0.15) is 5.26 Å². The zero-order chi connectivity index (χ0) is 11.3. The summed E-state index contributed by atoms with van der Waals surface area (Å²) < 4.78 is 0. The Morgan fingerprint density at radius 2 is 2.40 bits per heavy atom. The number of hydrogen-bond donors (Lipinski definition) is 1. The van der Waals surface area contributed by atoms with Gasteiger partial charge >= 0.3 is 5.97 Å². The summed E-state index contributed by atoms with van der Waals surface area (Å²) in [5, 5.41) is 17.5. The first-order valence-electron chi connectivity index (χ1n) is 5.41. The van der Waals surface area contributed by atoms with E-state index in [1.165, 1.54) is 0 Å². The topological polar surface area (TPSA) is 64.3 Å². The molecule has 0 aromatic heterocycles. The van der Waals surface area contributed by atoms with E-state index in [0.717, 1.165) is 32.4 Å². The minimum Gasteiger partial charge on any atom is -0.481 e. The van der Waals surface area contributed by atoms with Crippen molar-refractivity contribution >= 4 is 5.97 Å². The molecule has 0 radical (unpaired) electrons. The van der Waals surface area contributed by atoms with Crippen LogP contribution in [-0.2, 0) is 4.79 Å². The van der Waals surface area contributed by atoms with Gasteiger partial charge in [-0.15, -0.1) is 0 Å². The second-order valence-electron chi connectivity index (χ2n) is 4.51. The number of carboxylic acid groups (broad SMARTS) is 1. The largest absolute Gasteiger partial charge is 0.481 e. The Balaban J connectivity index is 2.42. The molecule has 0 saturated carbocycles. The van der Waals surface area contributed by atoms with Crippen molar-refractivity contribution in [3.05, 3.63) is 0 Å². The SMILES string of the molecule is CC1(C(=O)O)CCCN(CCCC#N)C1. The van der Waals surface area contributed by atoms with Crippen molar-refractivity contribution < 1.29 is 9.90 Å². The summed E-state index contributed by atoms with van der Waals surface area (Å²) in [5.74, 6) is -0.701. The number of aliphatic carboxylic acids is 1. The number of unbranched alkanes of at least 4 members (excludes halogenated alkanes) is 1. The Labute approximate surface area is 90.5 Å². The van der Waals surface area contributed by atoms with Crippen molar-refractivity contribution in [2.75, 3.05) is 19.6 Å². The summed E-state index contributed by atoms with van der Waals surface area (Å²) in [7, 11) is 0. The zero-order valence-corrected chi connectivity index (χ0v) is 9.20. The fraction of sp³-hybridized carbons (Fsp3) is 0.818. The zero-order valence-electron chi connectivity index (χ0n) is 9.20. The molecule has 1 heterocycles.